The van der Waals surface area contributed by atoms with Crippen molar-refractivity contribution in [3.8, 4) is 0 Å². The third-order valence-electron chi connectivity index (χ3n) is 2.30. The van der Waals surface area contributed by atoms with E-state index in [-0.39, 0.29) is 10.8 Å². The lowest BCUT2D eigenvalue weighted by atomic mass is 10.6. The lowest BCUT2D eigenvalue weighted by Gasteiger charge is -2.18. The van der Waals surface area contributed by atoms with Crippen LogP contribution in [0.5, 0.6) is 0 Å². The predicted molar refractivity (Wildman–Crippen MR) is 48.1 cm³/mol. The zero-order valence-electron chi connectivity index (χ0n) is 7.73. The summed E-state index contributed by atoms with van der Waals surface area (Å²) in [6, 6.07) is 0.803. The summed E-state index contributed by atoms with van der Waals surface area (Å²) >= 11 is 0. The van der Waals surface area contributed by atoms with Gasteiger partial charge in [-0.05, 0) is 19.9 Å². The molecule has 0 N–H and O–H groups in total. The summed E-state index contributed by atoms with van der Waals surface area (Å²) in [5.41, 5.74) is 0. The minimum absolute atomic E-state index is 0.117. The Labute approximate surface area is 69.0 Å². The standard InChI is InChI=1S/C8H16O2Si/c1-5-6-11(4,7(2)9)8(3)10/h5-6H2,1-4H3. The summed E-state index contributed by atoms with van der Waals surface area (Å²) in [5, 5.41) is 0.235. The number of hydrogen-bond donors (Lipinski definition) is 0. The number of carbonyl (C=O) groups is 2. The maximum atomic E-state index is 11.1. The van der Waals surface area contributed by atoms with Gasteiger partial charge in [-0.3, -0.25) is 0 Å². The molecular formula is C8H16O2Si. The van der Waals surface area contributed by atoms with Crippen molar-refractivity contribution in [3.63, 3.8) is 0 Å². The lowest BCUT2D eigenvalue weighted by molar-refractivity contribution is -0.114. The van der Waals surface area contributed by atoms with Crippen LogP contribution in [0.3, 0.4) is 0 Å². The Bertz CT molecular complexity index is 161. The molecule has 0 saturated heterocycles. The van der Waals surface area contributed by atoms with E-state index >= 15 is 0 Å². The van der Waals surface area contributed by atoms with Crippen LogP contribution in [0.15, 0.2) is 0 Å². The second-order valence-electron chi connectivity index (χ2n) is 3.19. The minimum Gasteiger partial charge on any atom is -0.305 e. The molecule has 0 atom stereocenters. The molecule has 0 fully saturated rings. The molecule has 0 radical (unpaired) electrons. The molecule has 3 heteroatoms. The van der Waals surface area contributed by atoms with E-state index in [9.17, 15) is 9.59 Å². The molecule has 0 unspecified atom stereocenters. The quantitative estimate of drug-likeness (QED) is 0.605. The van der Waals surface area contributed by atoms with E-state index in [1.54, 1.807) is 13.8 Å². The molecule has 0 aliphatic carbocycles. The van der Waals surface area contributed by atoms with Crippen LogP contribution in [-0.4, -0.2) is 18.9 Å². The highest BCUT2D eigenvalue weighted by Gasteiger charge is 2.37. The van der Waals surface area contributed by atoms with E-state index < -0.39 is 8.07 Å². The monoisotopic (exact) mass is 172 g/mol. The molecule has 0 spiro atoms. The SMILES string of the molecule is CCC[Si](C)(C(C)=O)C(C)=O. The van der Waals surface area contributed by atoms with Gasteiger partial charge in [-0.2, -0.15) is 0 Å². The van der Waals surface area contributed by atoms with Gasteiger partial charge < -0.3 is 9.59 Å². The van der Waals surface area contributed by atoms with Gasteiger partial charge in [-0.1, -0.05) is 19.9 Å². The highest BCUT2D eigenvalue weighted by atomic mass is 28.3. The van der Waals surface area contributed by atoms with Crippen molar-refractivity contribution in [2.24, 2.45) is 0 Å². The van der Waals surface area contributed by atoms with Crippen LogP contribution in [0, 0.1) is 0 Å². The summed E-state index contributed by atoms with van der Waals surface area (Å²) in [5.74, 6) is 0. The van der Waals surface area contributed by atoms with Gasteiger partial charge in [0.1, 0.15) is 10.8 Å². The fourth-order valence-electron chi connectivity index (χ4n) is 1.10. The first kappa shape index (κ1) is 10.6. The Balaban J connectivity index is 4.52. The molecule has 0 aliphatic heterocycles. The zero-order valence-corrected chi connectivity index (χ0v) is 8.73. The average molecular weight is 172 g/mol. The van der Waals surface area contributed by atoms with Gasteiger partial charge in [-0.15, -0.1) is 0 Å². The van der Waals surface area contributed by atoms with Gasteiger partial charge in [0.05, 0.1) is 0 Å². The third-order valence-corrected chi connectivity index (χ3v) is 6.91. The topological polar surface area (TPSA) is 34.1 Å². The Morgan fingerprint density at radius 3 is 1.64 bits per heavy atom. The van der Waals surface area contributed by atoms with Gasteiger partial charge in [-0.25, -0.2) is 0 Å². The zero-order chi connectivity index (χ0) is 9.07. The second kappa shape index (κ2) is 3.81. The van der Waals surface area contributed by atoms with E-state index in [0.29, 0.717) is 0 Å². The van der Waals surface area contributed by atoms with E-state index in [0.717, 1.165) is 12.5 Å². The van der Waals surface area contributed by atoms with Crippen molar-refractivity contribution in [3.05, 3.63) is 0 Å². The summed E-state index contributed by atoms with van der Waals surface area (Å²) < 4.78 is 0. The van der Waals surface area contributed by atoms with Crippen LogP contribution in [0.1, 0.15) is 27.2 Å². The molecule has 2 nitrogen and oxygen atoms in total. The molecule has 0 rings (SSSR count). The third kappa shape index (κ3) is 2.26. The fourth-order valence-corrected chi connectivity index (χ4v) is 3.30. The Kier molecular flexibility index (Phi) is 3.65. The first-order chi connectivity index (χ1) is 4.95. The van der Waals surface area contributed by atoms with Crippen LogP contribution >= 0.6 is 0 Å². The summed E-state index contributed by atoms with van der Waals surface area (Å²) in [6.45, 7) is 6.96. The first-order valence-corrected chi connectivity index (χ1v) is 6.68. The van der Waals surface area contributed by atoms with E-state index in [2.05, 4.69) is 0 Å². The van der Waals surface area contributed by atoms with Gasteiger partial charge in [0.25, 0.3) is 0 Å². The Morgan fingerprint density at radius 1 is 1.18 bits per heavy atom. The van der Waals surface area contributed by atoms with Crippen LogP contribution in [-0.2, 0) is 9.59 Å². The van der Waals surface area contributed by atoms with Crippen molar-refractivity contribution in [2.75, 3.05) is 0 Å². The van der Waals surface area contributed by atoms with Crippen molar-refractivity contribution in [1.82, 2.24) is 0 Å². The first-order valence-electron chi connectivity index (χ1n) is 3.97. The molecule has 64 valence electrons. The maximum Gasteiger partial charge on any atom is 0.204 e. The Hall–Kier alpha value is -0.443. The van der Waals surface area contributed by atoms with Gasteiger partial charge in [0, 0.05) is 0 Å². The van der Waals surface area contributed by atoms with E-state index in [1.165, 1.54) is 0 Å². The van der Waals surface area contributed by atoms with Crippen LogP contribution < -0.4 is 0 Å². The van der Waals surface area contributed by atoms with Crippen molar-refractivity contribution in [2.45, 2.75) is 39.8 Å². The van der Waals surface area contributed by atoms with Crippen molar-refractivity contribution in [1.29, 1.82) is 0 Å². The normalized spacial score (nSPS) is 11.3. The average Bonchev–Trinajstić information content (AvgIpc) is 1.87. The van der Waals surface area contributed by atoms with Crippen molar-refractivity contribution < 1.29 is 9.59 Å². The highest BCUT2D eigenvalue weighted by molar-refractivity contribution is 7.24. The second-order valence-corrected chi connectivity index (χ2v) is 7.77. The number of rotatable bonds is 4. The maximum absolute atomic E-state index is 11.1. The van der Waals surface area contributed by atoms with Gasteiger partial charge in [0.15, 0.2) is 0 Å². The smallest absolute Gasteiger partial charge is 0.204 e. The van der Waals surface area contributed by atoms with Gasteiger partial charge >= 0.3 is 0 Å². The van der Waals surface area contributed by atoms with E-state index in [4.69, 9.17) is 0 Å². The summed E-state index contributed by atoms with van der Waals surface area (Å²) in [4.78, 5) is 22.3. The molecule has 0 bridgehead atoms. The molecule has 11 heavy (non-hydrogen) atoms. The summed E-state index contributed by atoms with van der Waals surface area (Å²) in [6.07, 6.45) is 0.932. The summed E-state index contributed by atoms with van der Waals surface area (Å²) in [7, 11) is -2.18. The molecule has 0 aromatic heterocycles. The molecule has 0 heterocycles. The van der Waals surface area contributed by atoms with Gasteiger partial charge in [0.2, 0.25) is 8.07 Å². The van der Waals surface area contributed by atoms with Crippen molar-refractivity contribution >= 4 is 18.9 Å². The van der Waals surface area contributed by atoms with Crippen LogP contribution in [0.25, 0.3) is 0 Å². The fraction of sp³-hybridized carbons (Fsp3) is 0.750. The van der Waals surface area contributed by atoms with E-state index in [1.807, 2.05) is 13.5 Å². The number of carbonyl (C=O) groups excluding carboxylic acids is 2. The number of hydrogen-bond acceptors (Lipinski definition) is 2. The largest absolute Gasteiger partial charge is 0.305 e. The molecule has 0 aromatic carbocycles. The molecule has 0 aromatic rings. The molecule has 0 aliphatic rings. The Morgan fingerprint density at radius 2 is 1.55 bits per heavy atom. The predicted octanol–water partition coefficient (Wildman–Crippen LogP) is 1.73. The molecule has 0 amide bonds. The van der Waals surface area contributed by atoms with Crippen LogP contribution in [0.2, 0.25) is 12.6 Å². The minimum atomic E-state index is -2.18. The molecule has 0 saturated carbocycles. The lowest BCUT2D eigenvalue weighted by Crippen LogP contribution is -2.46. The molecular weight excluding hydrogens is 156 g/mol. The highest BCUT2D eigenvalue weighted by Crippen LogP contribution is 2.14. The van der Waals surface area contributed by atoms with Crippen LogP contribution in [0.4, 0.5) is 0 Å².